The zero-order chi connectivity index (χ0) is 29.7. The fourth-order valence-electron chi connectivity index (χ4n) is 4.36. The lowest BCUT2D eigenvalue weighted by atomic mass is 9.88. The smallest absolute Gasteiger partial charge is 0.389 e. The number of benzene rings is 2. The maximum Gasteiger partial charge on any atom is 0.389 e. The molecule has 0 radical (unpaired) electrons. The monoisotopic (exact) mass is 578 g/mol. The second kappa shape index (κ2) is 15.9. The topological polar surface area (TPSA) is 123 Å². The molecule has 224 valence electrons. The molecule has 0 amide bonds. The number of nitrogens with two attached hydrogens (primary N) is 2. The third-order valence-electron chi connectivity index (χ3n) is 6.51. The van der Waals surface area contributed by atoms with Crippen LogP contribution < -0.4 is 16.2 Å². The molecule has 1 aliphatic rings. The standard InChI is InChI=1S/C30H37F3N2O6/c31-30(32,33)13-1-14-38-26-10-5-22(6-11-26)20-41-27-8-3-21(4-9-27)7-12-28(36)39-15-2-16-40-29(37)23-17-24(34)19-25(35)18-23/h3-4,7-9,12,17-19,22,26H,1-2,5-6,10-11,13-16,20,34-35H2/b12-7+. The molecule has 1 saturated carbocycles. The highest BCUT2D eigenvalue weighted by molar-refractivity contribution is 5.91. The number of esters is 2. The van der Waals surface area contributed by atoms with Gasteiger partial charge in [-0.15, -0.1) is 0 Å². The number of alkyl halides is 3. The van der Waals surface area contributed by atoms with Gasteiger partial charge in [0.2, 0.25) is 0 Å². The van der Waals surface area contributed by atoms with Gasteiger partial charge in [-0.2, -0.15) is 13.2 Å². The van der Waals surface area contributed by atoms with Crippen LogP contribution in [0.4, 0.5) is 24.5 Å². The van der Waals surface area contributed by atoms with Gasteiger partial charge >= 0.3 is 18.1 Å². The molecule has 0 aliphatic heterocycles. The summed E-state index contributed by atoms with van der Waals surface area (Å²) in [5.74, 6) is 0.0192. The second-order valence-corrected chi connectivity index (χ2v) is 9.99. The molecule has 11 heteroatoms. The Morgan fingerprint density at radius 2 is 1.54 bits per heavy atom. The summed E-state index contributed by atoms with van der Waals surface area (Å²) >= 11 is 0. The van der Waals surface area contributed by atoms with Crippen molar-refractivity contribution >= 4 is 29.4 Å². The zero-order valence-electron chi connectivity index (χ0n) is 22.9. The van der Waals surface area contributed by atoms with Crippen LogP contribution >= 0.6 is 0 Å². The number of hydrogen-bond donors (Lipinski definition) is 2. The average Bonchev–Trinajstić information content (AvgIpc) is 2.93. The molecule has 41 heavy (non-hydrogen) atoms. The van der Waals surface area contributed by atoms with Gasteiger partial charge in [0.15, 0.2) is 0 Å². The molecule has 0 unspecified atom stereocenters. The van der Waals surface area contributed by atoms with E-state index in [9.17, 15) is 22.8 Å². The van der Waals surface area contributed by atoms with Crippen LogP contribution in [0.25, 0.3) is 6.08 Å². The number of hydrogen-bond acceptors (Lipinski definition) is 8. The summed E-state index contributed by atoms with van der Waals surface area (Å²) in [4.78, 5) is 24.0. The summed E-state index contributed by atoms with van der Waals surface area (Å²) < 4.78 is 58.4. The Kier molecular flexibility index (Phi) is 12.3. The van der Waals surface area contributed by atoms with Crippen LogP contribution in [0.2, 0.25) is 0 Å². The highest BCUT2D eigenvalue weighted by Gasteiger charge is 2.27. The molecule has 0 atom stereocenters. The minimum absolute atomic E-state index is 0.000698. The Hall–Kier alpha value is -3.73. The number of anilines is 2. The predicted molar refractivity (Wildman–Crippen MR) is 149 cm³/mol. The Balaban J connectivity index is 1.26. The van der Waals surface area contributed by atoms with E-state index >= 15 is 0 Å². The van der Waals surface area contributed by atoms with E-state index < -0.39 is 24.5 Å². The number of halogens is 3. The number of ether oxygens (including phenoxy) is 4. The van der Waals surface area contributed by atoms with Gasteiger partial charge in [-0.05, 0) is 80.0 Å². The second-order valence-electron chi connectivity index (χ2n) is 9.99. The highest BCUT2D eigenvalue weighted by atomic mass is 19.4. The third-order valence-corrected chi connectivity index (χ3v) is 6.51. The first kappa shape index (κ1) is 31.8. The molecule has 0 saturated heterocycles. The van der Waals surface area contributed by atoms with Gasteiger partial charge in [0, 0.05) is 36.9 Å². The summed E-state index contributed by atoms with van der Waals surface area (Å²) in [5, 5.41) is 0. The van der Waals surface area contributed by atoms with E-state index in [1.54, 1.807) is 6.08 Å². The van der Waals surface area contributed by atoms with Crippen molar-refractivity contribution in [3.05, 3.63) is 59.7 Å². The van der Waals surface area contributed by atoms with Gasteiger partial charge in [0.05, 0.1) is 31.5 Å². The van der Waals surface area contributed by atoms with Crippen LogP contribution in [0.15, 0.2) is 48.5 Å². The largest absolute Gasteiger partial charge is 0.493 e. The maximum absolute atomic E-state index is 12.2. The summed E-state index contributed by atoms with van der Waals surface area (Å²) in [7, 11) is 0. The predicted octanol–water partition coefficient (Wildman–Crippen LogP) is 5.95. The summed E-state index contributed by atoms with van der Waals surface area (Å²) in [6, 6.07) is 11.8. The van der Waals surface area contributed by atoms with Crippen molar-refractivity contribution in [2.75, 3.05) is 37.9 Å². The average molecular weight is 579 g/mol. The van der Waals surface area contributed by atoms with Crippen molar-refractivity contribution in [3.8, 4) is 5.75 Å². The summed E-state index contributed by atoms with van der Waals surface area (Å²) in [6.07, 6.45) is 1.84. The lowest BCUT2D eigenvalue weighted by Crippen LogP contribution is -2.25. The quantitative estimate of drug-likeness (QED) is 0.122. The minimum atomic E-state index is -4.13. The van der Waals surface area contributed by atoms with E-state index in [1.807, 2.05) is 24.3 Å². The van der Waals surface area contributed by atoms with E-state index in [0.29, 0.717) is 36.1 Å². The Bertz CT molecular complexity index is 1130. The van der Waals surface area contributed by atoms with E-state index in [4.69, 9.17) is 30.4 Å². The number of carbonyl (C=O) groups excluding carboxylic acids is 2. The lowest BCUT2D eigenvalue weighted by Gasteiger charge is -2.28. The van der Waals surface area contributed by atoms with E-state index in [-0.39, 0.29) is 37.9 Å². The lowest BCUT2D eigenvalue weighted by molar-refractivity contribution is -0.139. The number of nitrogen functional groups attached to an aromatic ring is 2. The molecule has 1 aliphatic carbocycles. The zero-order valence-corrected chi connectivity index (χ0v) is 22.9. The summed E-state index contributed by atoms with van der Waals surface area (Å²) in [5.41, 5.74) is 13.1. The van der Waals surface area contributed by atoms with Gasteiger partial charge in [-0.25, -0.2) is 9.59 Å². The first-order valence-corrected chi connectivity index (χ1v) is 13.7. The maximum atomic E-state index is 12.2. The molecule has 4 N–H and O–H groups in total. The minimum Gasteiger partial charge on any atom is -0.493 e. The van der Waals surface area contributed by atoms with Crippen LogP contribution in [-0.2, 0) is 19.0 Å². The molecular weight excluding hydrogens is 541 g/mol. The Labute approximate surface area is 237 Å². The van der Waals surface area contributed by atoms with Crippen molar-refractivity contribution in [1.82, 2.24) is 0 Å². The molecular formula is C30H37F3N2O6. The van der Waals surface area contributed by atoms with Crippen LogP contribution in [-0.4, -0.2) is 50.6 Å². The van der Waals surface area contributed by atoms with Crippen LogP contribution in [0, 0.1) is 5.92 Å². The molecule has 0 spiro atoms. The van der Waals surface area contributed by atoms with Gasteiger partial charge < -0.3 is 30.4 Å². The molecule has 2 aromatic rings. The van der Waals surface area contributed by atoms with Crippen LogP contribution in [0.1, 0.15) is 60.9 Å². The van der Waals surface area contributed by atoms with E-state index in [1.165, 1.54) is 24.3 Å². The Morgan fingerprint density at radius 1 is 0.878 bits per heavy atom. The third kappa shape index (κ3) is 12.5. The first-order valence-electron chi connectivity index (χ1n) is 13.7. The van der Waals surface area contributed by atoms with Gasteiger partial charge in [-0.3, -0.25) is 0 Å². The highest BCUT2D eigenvalue weighted by Crippen LogP contribution is 2.28. The van der Waals surface area contributed by atoms with Crippen molar-refractivity contribution < 1.29 is 41.7 Å². The molecule has 2 aromatic carbocycles. The van der Waals surface area contributed by atoms with Gasteiger partial charge in [-0.1, -0.05) is 12.1 Å². The van der Waals surface area contributed by atoms with E-state index in [0.717, 1.165) is 31.2 Å². The molecule has 0 bridgehead atoms. The number of carbonyl (C=O) groups is 2. The van der Waals surface area contributed by atoms with Gasteiger partial charge in [0.25, 0.3) is 0 Å². The number of rotatable bonds is 14. The molecule has 8 nitrogen and oxygen atoms in total. The Morgan fingerprint density at radius 3 is 2.20 bits per heavy atom. The molecule has 3 rings (SSSR count). The molecule has 1 fully saturated rings. The van der Waals surface area contributed by atoms with Crippen LogP contribution in [0.3, 0.4) is 0 Å². The first-order chi connectivity index (χ1) is 19.6. The fraction of sp³-hybridized carbons (Fsp3) is 0.467. The van der Waals surface area contributed by atoms with Crippen molar-refractivity contribution in [2.45, 2.75) is 57.2 Å². The van der Waals surface area contributed by atoms with Crippen molar-refractivity contribution in [3.63, 3.8) is 0 Å². The van der Waals surface area contributed by atoms with Crippen LogP contribution in [0.5, 0.6) is 5.75 Å². The van der Waals surface area contributed by atoms with Crippen molar-refractivity contribution in [2.24, 2.45) is 5.92 Å². The SMILES string of the molecule is Nc1cc(N)cc(C(=O)OCCCOC(=O)/C=C/c2ccc(OCC3CCC(OCCCC(F)(F)F)CC3)cc2)c1. The molecule has 0 heterocycles. The molecule has 0 aromatic heterocycles. The fourth-order valence-corrected chi connectivity index (χ4v) is 4.36. The van der Waals surface area contributed by atoms with Crippen molar-refractivity contribution in [1.29, 1.82) is 0 Å². The normalized spacial score (nSPS) is 17.3. The summed E-state index contributed by atoms with van der Waals surface area (Å²) in [6.45, 7) is 0.870. The van der Waals surface area contributed by atoms with Gasteiger partial charge in [0.1, 0.15) is 5.75 Å². The van der Waals surface area contributed by atoms with E-state index in [2.05, 4.69) is 0 Å².